The Morgan fingerprint density at radius 2 is 0.806 bits per heavy atom. The Balaban J connectivity index is 0.716. The van der Waals surface area contributed by atoms with Crippen LogP contribution in [0.25, 0.3) is 91.4 Å². The summed E-state index contributed by atoms with van der Waals surface area (Å²) in [7, 11) is -1.38. The molecule has 0 aliphatic carbocycles. The fraction of sp³-hybridized carbons (Fsp3) is 0.160. The van der Waals surface area contributed by atoms with Crippen LogP contribution in [0.1, 0.15) is 93.2 Å². The highest BCUT2D eigenvalue weighted by molar-refractivity contribution is 6.62. The molecule has 4 saturated heterocycles. The number of H-pyrrole nitrogens is 4. The lowest BCUT2D eigenvalue weighted by atomic mass is 9.78. The maximum atomic E-state index is 5.96. The Kier molecular flexibility index (Phi) is 21.1. The summed E-state index contributed by atoms with van der Waals surface area (Å²) >= 11 is 0. The zero-order valence-electron chi connectivity index (χ0n) is 68.3. The number of rotatable bonds is 16. The van der Waals surface area contributed by atoms with Crippen LogP contribution >= 0.6 is 0 Å². The zero-order valence-corrected chi connectivity index (χ0v) is 68.3. The Bertz CT molecular complexity index is 6650. The van der Waals surface area contributed by atoms with Crippen LogP contribution in [0.15, 0.2) is 312 Å². The van der Waals surface area contributed by atoms with E-state index >= 15 is 0 Å². The normalized spacial score (nSPS) is 17.4. The first-order valence-electron chi connectivity index (χ1n) is 42.8. The number of benzene rings is 4. The molecule has 7 aromatic heterocycles. The Morgan fingerprint density at radius 3 is 1.34 bits per heavy atom. The van der Waals surface area contributed by atoms with Gasteiger partial charge in [-0.1, -0.05) is 97.1 Å². The van der Waals surface area contributed by atoms with E-state index in [-0.39, 0.29) is 28.5 Å². The summed E-state index contributed by atoms with van der Waals surface area (Å²) in [6, 6.07) is 62.4. The predicted molar refractivity (Wildman–Crippen MR) is 489 cm³/mol. The first kappa shape index (κ1) is 76.7. The molecular weight excluding hydrogens is 1540 g/mol. The number of fused-ring (bicyclic) bond motifs is 13. The number of aromatic amines is 4. The average molecular weight is 1630 g/mol. The largest absolute Gasteiger partial charge is 0.493 e. The van der Waals surface area contributed by atoms with E-state index in [1.165, 1.54) is 0 Å². The van der Waals surface area contributed by atoms with Crippen LogP contribution in [-0.4, -0.2) is 123 Å². The van der Waals surface area contributed by atoms with Crippen LogP contribution in [0.4, 0.5) is 0 Å². The van der Waals surface area contributed by atoms with E-state index in [9.17, 15) is 0 Å². The summed E-state index contributed by atoms with van der Waals surface area (Å²) in [4.78, 5) is 41.1. The number of hydrogen-bond acceptors (Lipinski definition) is 13. The van der Waals surface area contributed by atoms with Crippen molar-refractivity contribution in [1.29, 1.82) is 0 Å². The van der Waals surface area contributed by atoms with Gasteiger partial charge in [0.15, 0.2) is 56.8 Å². The van der Waals surface area contributed by atoms with E-state index < -0.39 is 0 Å². The third-order valence-electron chi connectivity index (χ3n) is 23.9. The molecule has 4 aromatic carbocycles. The number of allylic oxidation sites excluding steroid dienone is 12. The maximum absolute atomic E-state index is 5.96. The standard InChI is InChI=1S/C100H84B4N12O8/c1-53-117-101(118-54-1)75-13-5-67(6-14-75)63-113-45-37-71(38-46-113)95-83-25-21-79(105-83)61-80-22-26-84(106-80)96(72-39-47-114(48-40-72)64-68-7-15-76(16-8-68)102-119-55-2-56-120-102)88-30-34-92(110-88)99(91-33-29-87(95)109-91)100-93-35-31-89(111-93)97(73-41-49-115(50-42-73)65-69-9-17-77(18-10-69)103-121-57-3-58-122-103)85-27-23-81(107-85)62-82-24-28-86(108-82)98(90-32-36-94(100)112-90)74-43-51-116(52-44-74)66-70-11-19-78(20-12-70)104-123-59-4-60-124-104/h5-52,61-62H,1-4,53-60,63-66H2,(H2,105,106,107,108,109,110,111,112)/q+2/p+2. The summed E-state index contributed by atoms with van der Waals surface area (Å²) in [5.74, 6) is 0. The number of aliphatic imine (C=N–C) groups is 3. The van der Waals surface area contributed by atoms with Gasteiger partial charge in [-0.05, 0) is 173 Å². The highest BCUT2D eigenvalue weighted by Gasteiger charge is 2.33. The Labute approximate surface area is 719 Å². The number of pyridine rings is 3. The van der Waals surface area contributed by atoms with Crippen LogP contribution in [0.2, 0.25) is 0 Å². The van der Waals surface area contributed by atoms with Crippen molar-refractivity contribution in [2.45, 2.75) is 51.9 Å². The third kappa shape index (κ3) is 16.2. The molecule has 20 nitrogen and oxygen atoms in total. The van der Waals surface area contributed by atoms with Crippen molar-refractivity contribution in [3.63, 3.8) is 0 Å². The van der Waals surface area contributed by atoms with Crippen molar-refractivity contribution in [3.05, 3.63) is 364 Å². The molecular formula is C100H86B4N12O8+4. The second-order valence-electron chi connectivity index (χ2n) is 32.4. The Morgan fingerprint density at radius 1 is 0.363 bits per heavy atom. The zero-order chi connectivity index (χ0) is 82.2. The van der Waals surface area contributed by atoms with Crippen LogP contribution in [-0.2, 0) is 63.4 Å². The molecule has 0 spiro atoms. The molecule has 602 valence electrons. The van der Waals surface area contributed by atoms with Gasteiger partial charge in [-0.3, -0.25) is 0 Å². The molecule has 0 radical (unpaired) electrons. The van der Waals surface area contributed by atoms with Crippen molar-refractivity contribution in [1.82, 2.24) is 24.8 Å². The van der Waals surface area contributed by atoms with E-state index in [1.54, 1.807) is 0 Å². The molecule has 0 saturated carbocycles. The molecule has 16 bridgehead atoms. The van der Waals surface area contributed by atoms with Gasteiger partial charge in [0.1, 0.15) is 0 Å². The van der Waals surface area contributed by atoms with Gasteiger partial charge in [-0.2, -0.15) is 0 Å². The SMILES string of the molecule is C1=CC2=NC1=Cc1ccc([nH]1)C(=C1C=CN(Cc3ccc(B4OCCCO4)cc3)C=C1)C1=NC(=C(c3c4nc(c(-c5cc[n+](Cc6ccc(B7OCCCO7)cc6)cc5)c5[nH+]c(cc6ccc([nH]6)c(-c6cc[n+](Cc7ccc(B8OCCCO8)cc7)cc6)c6ccc3[nH]6)C=C5)C=C4)C3=NC(=C2c2cc[n+](Cc4ccc(B5OCCCO5)cc4)cc2)C=C3)C=C1. The fourth-order valence-electron chi connectivity index (χ4n) is 17.6. The van der Waals surface area contributed by atoms with Crippen LogP contribution in [0, 0.1) is 0 Å². The van der Waals surface area contributed by atoms with Crippen molar-refractivity contribution in [2.24, 2.45) is 15.0 Å². The molecule has 18 heterocycles. The van der Waals surface area contributed by atoms with Crippen LogP contribution < -0.4 is 40.5 Å². The van der Waals surface area contributed by atoms with E-state index in [2.05, 4.69) is 343 Å². The highest BCUT2D eigenvalue weighted by Crippen LogP contribution is 2.41. The summed E-state index contributed by atoms with van der Waals surface area (Å²) < 4.78 is 54.3. The predicted octanol–water partition coefficient (Wildman–Crippen LogP) is 12.8. The summed E-state index contributed by atoms with van der Waals surface area (Å²) in [6.45, 7) is 8.16. The smallest absolute Gasteiger partial charge is 0.407 e. The topological polar surface area (TPSA) is 200 Å². The first-order valence-corrected chi connectivity index (χ1v) is 42.8. The molecule has 0 amide bonds. The molecule has 24 heteroatoms. The van der Waals surface area contributed by atoms with Crippen molar-refractivity contribution < 1.29 is 55.9 Å². The van der Waals surface area contributed by atoms with E-state index in [0.29, 0.717) is 96.1 Å². The summed E-state index contributed by atoms with van der Waals surface area (Å²) in [5, 5.41) is 0. The lowest BCUT2D eigenvalue weighted by Crippen LogP contribution is -2.41. The maximum Gasteiger partial charge on any atom is 0.493 e. The van der Waals surface area contributed by atoms with Crippen molar-refractivity contribution in [3.8, 4) is 22.3 Å². The lowest BCUT2D eigenvalue weighted by molar-refractivity contribution is -0.688. The molecule has 0 unspecified atom stereocenters. The number of nitrogens with zero attached hydrogens (tertiary/aromatic N) is 8. The van der Waals surface area contributed by atoms with Gasteiger partial charge in [0.05, 0.1) is 51.2 Å². The molecule has 11 aliphatic rings. The summed E-state index contributed by atoms with van der Waals surface area (Å²) in [6.07, 6.45) is 48.6. The van der Waals surface area contributed by atoms with Gasteiger partial charge in [-0.15, -0.1) is 0 Å². The fourth-order valence-corrected chi connectivity index (χ4v) is 17.6. The number of hydrogen-bond donors (Lipinski definition) is 3. The van der Waals surface area contributed by atoms with Gasteiger partial charge >= 0.3 is 28.5 Å². The van der Waals surface area contributed by atoms with E-state index in [4.69, 9.17) is 57.2 Å². The number of nitrogens with one attached hydrogen (secondary N) is 4. The first-order chi connectivity index (χ1) is 61.3. The third-order valence-corrected chi connectivity index (χ3v) is 23.9. The highest BCUT2D eigenvalue weighted by atomic mass is 16.6. The van der Waals surface area contributed by atoms with Gasteiger partial charge in [0.2, 0.25) is 11.4 Å². The quantitative estimate of drug-likeness (QED) is 0.0617. The lowest BCUT2D eigenvalue weighted by Gasteiger charge is -2.22. The molecule has 4 N–H and O–H groups in total. The van der Waals surface area contributed by atoms with Gasteiger partial charge in [-0.25, -0.2) is 38.6 Å². The molecule has 4 fully saturated rings. The monoisotopic (exact) mass is 1630 g/mol. The summed E-state index contributed by atoms with van der Waals surface area (Å²) in [5.41, 5.74) is 30.9. The molecule has 0 atom stereocenters. The van der Waals surface area contributed by atoms with Gasteiger partial charge < -0.3 is 57.1 Å². The van der Waals surface area contributed by atoms with E-state index in [1.807, 2.05) is 0 Å². The van der Waals surface area contributed by atoms with E-state index in [0.717, 1.165) is 199 Å². The Hall–Kier alpha value is -13.4. The molecule has 124 heavy (non-hydrogen) atoms. The van der Waals surface area contributed by atoms with Crippen LogP contribution in [0.5, 0.6) is 0 Å². The molecule has 11 aromatic rings. The second kappa shape index (κ2) is 34.1. The van der Waals surface area contributed by atoms with Crippen molar-refractivity contribution in [2.75, 3.05) is 52.9 Å². The molecule has 11 aliphatic heterocycles. The van der Waals surface area contributed by atoms with Gasteiger partial charge in [0.25, 0.3) is 0 Å². The van der Waals surface area contributed by atoms with Crippen LogP contribution in [0.3, 0.4) is 0 Å². The minimum absolute atomic E-state index is 0.345. The number of aromatic nitrogens is 8. The van der Waals surface area contributed by atoms with Crippen molar-refractivity contribution >= 4 is 137 Å². The minimum atomic E-state index is -0.348. The minimum Gasteiger partial charge on any atom is -0.407 e. The second-order valence-corrected chi connectivity index (χ2v) is 32.4. The molecule has 22 rings (SSSR count). The van der Waals surface area contributed by atoms with Gasteiger partial charge in [0, 0.05) is 210 Å². The average Bonchev–Trinajstić information content (AvgIpc) is 1.60.